The standard InChI is InChI=1S/C25H40N4O5/c1-7-9-16-27-22(31)21(18-12-10-17(8-2)11-13-18)29(6)23(32)19(14-15-20(26)30)28-24(33)34-25(3,4)5/h10-13,19,21H,7-9,14-16H2,1-6H3,(H2,26,30)(H,27,31)(H,28,33). The predicted octanol–water partition coefficient (Wildman–Crippen LogP) is 2.82. The lowest BCUT2D eigenvalue weighted by atomic mass is 10.0. The maximum atomic E-state index is 13.5. The SMILES string of the molecule is CCCCNC(=O)C(c1ccc(CC)cc1)N(C)C(=O)C(CCC(N)=O)NC(=O)OC(C)(C)C. The molecular weight excluding hydrogens is 436 g/mol. The summed E-state index contributed by atoms with van der Waals surface area (Å²) in [7, 11) is 1.51. The Morgan fingerprint density at radius 2 is 1.71 bits per heavy atom. The quantitative estimate of drug-likeness (QED) is 0.399. The molecule has 0 aliphatic rings. The molecule has 0 aromatic heterocycles. The highest BCUT2D eigenvalue weighted by Gasteiger charge is 2.34. The molecule has 4 N–H and O–H groups in total. The number of primary amides is 1. The first kappa shape index (κ1) is 28.9. The summed E-state index contributed by atoms with van der Waals surface area (Å²) in [5, 5.41) is 5.42. The van der Waals surface area contributed by atoms with Crippen molar-refractivity contribution in [3.05, 3.63) is 35.4 Å². The lowest BCUT2D eigenvalue weighted by Gasteiger charge is -2.31. The Hall–Kier alpha value is -3.10. The first-order valence-electron chi connectivity index (χ1n) is 11.8. The largest absolute Gasteiger partial charge is 0.444 e. The van der Waals surface area contributed by atoms with Crippen LogP contribution in [-0.4, -0.2) is 54.0 Å². The van der Waals surface area contributed by atoms with E-state index in [9.17, 15) is 19.2 Å². The Labute approximate surface area is 202 Å². The highest BCUT2D eigenvalue weighted by atomic mass is 16.6. The van der Waals surface area contributed by atoms with Crippen LogP contribution in [0.15, 0.2) is 24.3 Å². The molecule has 0 bridgehead atoms. The van der Waals surface area contributed by atoms with Crippen molar-refractivity contribution in [2.24, 2.45) is 5.73 Å². The second kappa shape index (κ2) is 13.6. The third-order valence-electron chi connectivity index (χ3n) is 5.19. The Balaban J connectivity index is 3.22. The topological polar surface area (TPSA) is 131 Å². The third-order valence-corrected chi connectivity index (χ3v) is 5.19. The summed E-state index contributed by atoms with van der Waals surface area (Å²) in [6, 6.07) is 5.49. The molecule has 2 unspecified atom stereocenters. The summed E-state index contributed by atoms with van der Waals surface area (Å²) in [6.45, 7) is 9.66. The van der Waals surface area contributed by atoms with Gasteiger partial charge in [-0.15, -0.1) is 0 Å². The summed E-state index contributed by atoms with van der Waals surface area (Å²) < 4.78 is 5.27. The second-order valence-corrected chi connectivity index (χ2v) is 9.30. The number of nitrogens with two attached hydrogens (primary N) is 1. The number of likely N-dealkylation sites (N-methyl/N-ethyl adjacent to an activating group) is 1. The van der Waals surface area contributed by atoms with Gasteiger partial charge in [-0.3, -0.25) is 14.4 Å². The van der Waals surface area contributed by atoms with Crippen molar-refractivity contribution in [2.45, 2.75) is 84.4 Å². The molecule has 9 heteroatoms. The summed E-state index contributed by atoms with van der Waals surface area (Å²) in [6.07, 6.45) is 1.65. The number of alkyl carbamates (subject to hydrolysis) is 1. The van der Waals surface area contributed by atoms with Crippen LogP contribution in [0.3, 0.4) is 0 Å². The van der Waals surface area contributed by atoms with E-state index in [-0.39, 0.29) is 18.7 Å². The normalized spacial score (nSPS) is 12.9. The number of unbranched alkanes of at least 4 members (excludes halogenated alkanes) is 1. The zero-order valence-corrected chi connectivity index (χ0v) is 21.3. The van der Waals surface area contributed by atoms with Gasteiger partial charge in [-0.25, -0.2) is 4.79 Å². The monoisotopic (exact) mass is 476 g/mol. The molecule has 0 saturated carbocycles. The van der Waals surface area contributed by atoms with Gasteiger partial charge in [0.2, 0.25) is 17.7 Å². The van der Waals surface area contributed by atoms with Gasteiger partial charge < -0.3 is 26.0 Å². The lowest BCUT2D eigenvalue weighted by Crippen LogP contribution is -2.52. The number of nitrogens with one attached hydrogen (secondary N) is 2. The molecule has 0 spiro atoms. The van der Waals surface area contributed by atoms with Crippen molar-refractivity contribution in [1.29, 1.82) is 0 Å². The summed E-state index contributed by atoms with van der Waals surface area (Å²) in [5.74, 6) is -1.45. The van der Waals surface area contributed by atoms with Crippen LogP contribution in [0.25, 0.3) is 0 Å². The Morgan fingerprint density at radius 3 is 2.21 bits per heavy atom. The van der Waals surface area contributed by atoms with E-state index in [0.29, 0.717) is 12.1 Å². The first-order valence-corrected chi connectivity index (χ1v) is 11.8. The van der Waals surface area contributed by atoms with Gasteiger partial charge in [0.1, 0.15) is 17.7 Å². The van der Waals surface area contributed by atoms with E-state index in [1.54, 1.807) is 20.8 Å². The number of benzene rings is 1. The molecule has 0 radical (unpaired) electrons. The summed E-state index contributed by atoms with van der Waals surface area (Å²) >= 11 is 0. The number of carbonyl (C=O) groups is 4. The molecular formula is C25H40N4O5. The van der Waals surface area contributed by atoms with Crippen LogP contribution < -0.4 is 16.4 Å². The highest BCUT2D eigenvalue weighted by Crippen LogP contribution is 2.22. The molecule has 0 heterocycles. The Bertz CT molecular complexity index is 833. The molecule has 0 fully saturated rings. The number of carbonyl (C=O) groups excluding carboxylic acids is 4. The molecule has 4 amide bonds. The van der Waals surface area contributed by atoms with Crippen LogP contribution in [0.5, 0.6) is 0 Å². The number of hydrogen-bond donors (Lipinski definition) is 3. The molecule has 2 atom stereocenters. The van der Waals surface area contributed by atoms with Crippen molar-refractivity contribution >= 4 is 23.8 Å². The number of hydrogen-bond acceptors (Lipinski definition) is 5. The lowest BCUT2D eigenvalue weighted by molar-refractivity contribution is -0.141. The molecule has 1 aromatic rings. The van der Waals surface area contributed by atoms with Crippen molar-refractivity contribution in [3.63, 3.8) is 0 Å². The van der Waals surface area contributed by atoms with Crippen LogP contribution in [0, 0.1) is 0 Å². The Morgan fingerprint density at radius 1 is 1.09 bits per heavy atom. The van der Waals surface area contributed by atoms with Gasteiger partial charge >= 0.3 is 6.09 Å². The molecule has 190 valence electrons. The van der Waals surface area contributed by atoms with E-state index in [0.717, 1.165) is 24.8 Å². The van der Waals surface area contributed by atoms with Crippen LogP contribution >= 0.6 is 0 Å². The van der Waals surface area contributed by atoms with E-state index in [1.807, 2.05) is 38.1 Å². The molecule has 9 nitrogen and oxygen atoms in total. The second-order valence-electron chi connectivity index (χ2n) is 9.30. The van der Waals surface area contributed by atoms with Gasteiger partial charge in [0.05, 0.1) is 0 Å². The van der Waals surface area contributed by atoms with Crippen molar-refractivity contribution < 1.29 is 23.9 Å². The predicted molar refractivity (Wildman–Crippen MR) is 131 cm³/mol. The average molecular weight is 477 g/mol. The number of rotatable bonds is 12. The molecule has 0 aliphatic heterocycles. The number of nitrogens with zero attached hydrogens (tertiary/aromatic N) is 1. The number of aryl methyl sites for hydroxylation is 1. The average Bonchev–Trinajstić information content (AvgIpc) is 2.75. The molecule has 1 rings (SSSR count). The van der Waals surface area contributed by atoms with Gasteiger partial charge in [-0.05, 0) is 51.2 Å². The van der Waals surface area contributed by atoms with E-state index in [4.69, 9.17) is 10.5 Å². The number of amides is 4. The fraction of sp³-hybridized carbons (Fsp3) is 0.600. The molecule has 1 aromatic carbocycles. The van der Waals surface area contributed by atoms with Crippen LogP contribution in [0.2, 0.25) is 0 Å². The van der Waals surface area contributed by atoms with Gasteiger partial charge in [-0.2, -0.15) is 0 Å². The van der Waals surface area contributed by atoms with Gasteiger partial charge in [0.15, 0.2) is 0 Å². The van der Waals surface area contributed by atoms with Crippen molar-refractivity contribution in [3.8, 4) is 0 Å². The molecule has 34 heavy (non-hydrogen) atoms. The van der Waals surface area contributed by atoms with E-state index in [2.05, 4.69) is 10.6 Å². The summed E-state index contributed by atoms with van der Waals surface area (Å²) in [4.78, 5) is 51.6. The fourth-order valence-electron chi connectivity index (χ4n) is 3.34. The van der Waals surface area contributed by atoms with Gasteiger partial charge in [0.25, 0.3) is 0 Å². The third kappa shape index (κ3) is 9.80. The fourth-order valence-corrected chi connectivity index (χ4v) is 3.34. The maximum Gasteiger partial charge on any atom is 0.408 e. The van der Waals surface area contributed by atoms with Crippen molar-refractivity contribution in [2.75, 3.05) is 13.6 Å². The van der Waals surface area contributed by atoms with Gasteiger partial charge in [0, 0.05) is 20.0 Å². The Kier molecular flexibility index (Phi) is 11.5. The zero-order valence-electron chi connectivity index (χ0n) is 21.3. The van der Waals surface area contributed by atoms with Crippen LogP contribution in [0.1, 0.15) is 77.5 Å². The highest BCUT2D eigenvalue weighted by molar-refractivity contribution is 5.92. The van der Waals surface area contributed by atoms with E-state index < -0.39 is 35.6 Å². The molecule has 0 saturated heterocycles. The minimum absolute atomic E-state index is 0.0172. The van der Waals surface area contributed by atoms with E-state index in [1.165, 1.54) is 11.9 Å². The number of ether oxygens (including phenoxy) is 1. The van der Waals surface area contributed by atoms with E-state index >= 15 is 0 Å². The van der Waals surface area contributed by atoms with Crippen LogP contribution in [-0.2, 0) is 25.5 Å². The molecule has 0 aliphatic carbocycles. The van der Waals surface area contributed by atoms with Gasteiger partial charge in [-0.1, -0.05) is 44.5 Å². The smallest absolute Gasteiger partial charge is 0.408 e. The van der Waals surface area contributed by atoms with Crippen LogP contribution in [0.4, 0.5) is 4.79 Å². The maximum absolute atomic E-state index is 13.5. The minimum atomic E-state index is -1.09. The van der Waals surface area contributed by atoms with Crippen molar-refractivity contribution in [1.82, 2.24) is 15.5 Å². The summed E-state index contributed by atoms with van der Waals surface area (Å²) in [5.41, 5.74) is 6.26. The first-order chi connectivity index (χ1) is 15.9. The zero-order chi connectivity index (χ0) is 25.9. The minimum Gasteiger partial charge on any atom is -0.444 e.